The van der Waals surface area contributed by atoms with Crippen LogP contribution in [0.3, 0.4) is 0 Å². The first-order valence-corrected chi connectivity index (χ1v) is 4.87. The fourth-order valence-corrected chi connectivity index (χ4v) is 1.90. The Hall–Kier alpha value is -0.990. The number of anilines is 1. The SMILES string of the molecule is CC(C)(C)N1CCCn2cncc21. The Bertz CT molecular complexity index is 295. The van der Waals surface area contributed by atoms with Crippen molar-refractivity contribution in [3.8, 4) is 0 Å². The zero-order valence-electron chi connectivity index (χ0n) is 8.62. The van der Waals surface area contributed by atoms with Gasteiger partial charge in [-0.3, -0.25) is 0 Å². The summed E-state index contributed by atoms with van der Waals surface area (Å²) in [6.07, 6.45) is 5.11. The molecule has 0 saturated heterocycles. The van der Waals surface area contributed by atoms with Gasteiger partial charge >= 0.3 is 0 Å². The van der Waals surface area contributed by atoms with E-state index in [9.17, 15) is 0 Å². The molecule has 0 spiro atoms. The van der Waals surface area contributed by atoms with Gasteiger partial charge in [-0.2, -0.15) is 0 Å². The molecule has 72 valence electrons. The molecule has 0 bridgehead atoms. The van der Waals surface area contributed by atoms with Crippen LogP contribution < -0.4 is 4.90 Å². The summed E-state index contributed by atoms with van der Waals surface area (Å²) in [6, 6.07) is 0. The fourth-order valence-electron chi connectivity index (χ4n) is 1.90. The van der Waals surface area contributed by atoms with Crippen molar-refractivity contribution in [3.63, 3.8) is 0 Å². The molecule has 0 amide bonds. The van der Waals surface area contributed by atoms with E-state index >= 15 is 0 Å². The fraction of sp³-hybridized carbons (Fsp3) is 0.700. The van der Waals surface area contributed by atoms with Gasteiger partial charge in [0.15, 0.2) is 0 Å². The second kappa shape index (κ2) is 2.76. The van der Waals surface area contributed by atoms with E-state index in [2.05, 4.69) is 35.2 Å². The Morgan fingerprint density at radius 1 is 1.31 bits per heavy atom. The molecule has 3 heteroatoms. The minimum atomic E-state index is 0.207. The molecule has 1 aromatic rings. The van der Waals surface area contributed by atoms with Crippen LogP contribution in [0.5, 0.6) is 0 Å². The molecule has 0 fully saturated rings. The molecule has 2 heterocycles. The Morgan fingerprint density at radius 3 is 2.77 bits per heavy atom. The van der Waals surface area contributed by atoms with Crippen LogP contribution in [0.1, 0.15) is 27.2 Å². The number of nitrogens with zero attached hydrogens (tertiary/aromatic N) is 3. The number of aryl methyl sites for hydroxylation is 1. The molecule has 0 N–H and O–H groups in total. The first kappa shape index (κ1) is 8.60. The molecule has 13 heavy (non-hydrogen) atoms. The van der Waals surface area contributed by atoms with Crippen LogP contribution in [-0.4, -0.2) is 21.6 Å². The van der Waals surface area contributed by atoms with Crippen LogP contribution in [0.15, 0.2) is 12.5 Å². The summed E-state index contributed by atoms with van der Waals surface area (Å²) in [5, 5.41) is 0. The monoisotopic (exact) mass is 179 g/mol. The number of rotatable bonds is 0. The predicted molar refractivity (Wildman–Crippen MR) is 53.9 cm³/mol. The van der Waals surface area contributed by atoms with E-state index in [-0.39, 0.29) is 5.54 Å². The van der Waals surface area contributed by atoms with E-state index in [1.807, 2.05) is 12.5 Å². The molecular formula is C10H17N3. The minimum absolute atomic E-state index is 0.207. The topological polar surface area (TPSA) is 21.1 Å². The molecule has 3 nitrogen and oxygen atoms in total. The van der Waals surface area contributed by atoms with Crippen LogP contribution in [-0.2, 0) is 6.54 Å². The van der Waals surface area contributed by atoms with Gasteiger partial charge in [-0.1, -0.05) is 0 Å². The highest BCUT2D eigenvalue weighted by Gasteiger charge is 2.26. The summed E-state index contributed by atoms with van der Waals surface area (Å²) in [7, 11) is 0. The zero-order chi connectivity index (χ0) is 9.47. The maximum atomic E-state index is 4.19. The van der Waals surface area contributed by atoms with Crippen molar-refractivity contribution < 1.29 is 0 Å². The van der Waals surface area contributed by atoms with Gasteiger partial charge < -0.3 is 9.47 Å². The molecule has 0 saturated carbocycles. The standard InChI is InChI=1S/C10H17N3/c1-10(2,3)13-6-4-5-12-8-11-7-9(12)13/h7-8H,4-6H2,1-3H3. The number of hydrogen-bond acceptors (Lipinski definition) is 2. The number of imidazole rings is 1. The van der Waals surface area contributed by atoms with Gasteiger partial charge in [0.05, 0.1) is 12.5 Å². The Labute approximate surface area is 79.4 Å². The zero-order valence-corrected chi connectivity index (χ0v) is 8.62. The lowest BCUT2D eigenvalue weighted by Crippen LogP contribution is -2.45. The van der Waals surface area contributed by atoms with Crippen molar-refractivity contribution >= 4 is 5.82 Å². The van der Waals surface area contributed by atoms with E-state index in [0.29, 0.717) is 0 Å². The lowest BCUT2D eigenvalue weighted by molar-refractivity contribution is 0.443. The second-order valence-electron chi connectivity index (χ2n) is 4.62. The molecular weight excluding hydrogens is 162 g/mol. The third kappa shape index (κ3) is 1.43. The summed E-state index contributed by atoms with van der Waals surface area (Å²) in [5.74, 6) is 1.26. The van der Waals surface area contributed by atoms with Crippen molar-refractivity contribution in [1.82, 2.24) is 9.55 Å². The van der Waals surface area contributed by atoms with Gasteiger partial charge in [-0.05, 0) is 27.2 Å². The van der Waals surface area contributed by atoms with Crippen LogP contribution >= 0.6 is 0 Å². The molecule has 1 aromatic heterocycles. The van der Waals surface area contributed by atoms with E-state index < -0.39 is 0 Å². The average Bonchev–Trinajstić information content (AvgIpc) is 2.48. The first-order chi connectivity index (χ1) is 6.09. The Morgan fingerprint density at radius 2 is 2.08 bits per heavy atom. The summed E-state index contributed by atoms with van der Waals surface area (Å²) < 4.78 is 2.23. The lowest BCUT2D eigenvalue weighted by Gasteiger charge is -2.40. The van der Waals surface area contributed by atoms with Crippen molar-refractivity contribution in [1.29, 1.82) is 0 Å². The maximum Gasteiger partial charge on any atom is 0.128 e. The molecule has 1 aliphatic heterocycles. The summed E-state index contributed by atoms with van der Waals surface area (Å²) in [4.78, 5) is 6.61. The molecule has 0 radical (unpaired) electrons. The molecule has 0 aromatic carbocycles. The van der Waals surface area contributed by atoms with Crippen molar-refractivity contribution in [2.75, 3.05) is 11.4 Å². The maximum absolute atomic E-state index is 4.19. The number of fused-ring (bicyclic) bond motifs is 1. The van der Waals surface area contributed by atoms with E-state index in [0.717, 1.165) is 13.1 Å². The summed E-state index contributed by atoms with van der Waals surface area (Å²) in [6.45, 7) is 9.00. The third-order valence-electron chi connectivity index (χ3n) is 2.56. The molecule has 0 atom stereocenters. The normalized spacial score (nSPS) is 17.3. The number of hydrogen-bond donors (Lipinski definition) is 0. The number of aromatic nitrogens is 2. The van der Waals surface area contributed by atoms with Gasteiger partial charge in [0.2, 0.25) is 0 Å². The van der Waals surface area contributed by atoms with Crippen LogP contribution in [0.25, 0.3) is 0 Å². The molecule has 1 aliphatic rings. The quantitative estimate of drug-likeness (QED) is 0.606. The van der Waals surface area contributed by atoms with Crippen molar-refractivity contribution in [3.05, 3.63) is 12.5 Å². The van der Waals surface area contributed by atoms with Gasteiger partial charge in [0, 0.05) is 18.6 Å². The smallest absolute Gasteiger partial charge is 0.128 e. The van der Waals surface area contributed by atoms with Crippen LogP contribution in [0.4, 0.5) is 5.82 Å². The van der Waals surface area contributed by atoms with Gasteiger partial charge in [0.1, 0.15) is 5.82 Å². The van der Waals surface area contributed by atoms with Gasteiger partial charge in [0.25, 0.3) is 0 Å². The van der Waals surface area contributed by atoms with Crippen molar-refractivity contribution in [2.24, 2.45) is 0 Å². The van der Waals surface area contributed by atoms with E-state index in [1.165, 1.54) is 12.2 Å². The molecule has 2 rings (SSSR count). The highest BCUT2D eigenvalue weighted by Crippen LogP contribution is 2.27. The van der Waals surface area contributed by atoms with Crippen molar-refractivity contribution in [2.45, 2.75) is 39.3 Å². The highest BCUT2D eigenvalue weighted by atomic mass is 15.3. The Kier molecular flexibility index (Phi) is 1.82. The summed E-state index contributed by atoms with van der Waals surface area (Å²) in [5.41, 5.74) is 0.207. The first-order valence-electron chi connectivity index (χ1n) is 4.87. The van der Waals surface area contributed by atoms with E-state index in [4.69, 9.17) is 0 Å². The third-order valence-corrected chi connectivity index (χ3v) is 2.56. The van der Waals surface area contributed by atoms with Gasteiger partial charge in [-0.15, -0.1) is 0 Å². The van der Waals surface area contributed by atoms with E-state index in [1.54, 1.807) is 0 Å². The molecule has 0 aliphatic carbocycles. The minimum Gasteiger partial charge on any atom is -0.352 e. The Balaban J connectivity index is 2.35. The average molecular weight is 179 g/mol. The van der Waals surface area contributed by atoms with Gasteiger partial charge in [-0.25, -0.2) is 4.98 Å². The highest BCUT2D eigenvalue weighted by molar-refractivity contribution is 5.41. The predicted octanol–water partition coefficient (Wildman–Crippen LogP) is 1.89. The summed E-state index contributed by atoms with van der Waals surface area (Å²) >= 11 is 0. The van der Waals surface area contributed by atoms with Crippen LogP contribution in [0, 0.1) is 0 Å². The molecule has 0 unspecified atom stereocenters. The lowest BCUT2D eigenvalue weighted by atomic mass is 10.0. The second-order valence-corrected chi connectivity index (χ2v) is 4.62. The van der Waals surface area contributed by atoms with Crippen LogP contribution in [0.2, 0.25) is 0 Å². The largest absolute Gasteiger partial charge is 0.352 e.